The molecule has 0 radical (unpaired) electrons. The second-order valence-corrected chi connectivity index (χ2v) is 41.0. The Balaban J connectivity index is 0.000000105. The van der Waals surface area contributed by atoms with Gasteiger partial charge in [0.05, 0.1) is 50.6 Å². The highest BCUT2D eigenvalue weighted by atomic mass is 35.5. The Hall–Kier alpha value is -6.71. The van der Waals surface area contributed by atoms with Crippen molar-refractivity contribution in [1.82, 2.24) is 0 Å². The van der Waals surface area contributed by atoms with Gasteiger partial charge in [-0.2, -0.15) is 0 Å². The number of esters is 9. The fourth-order valence-corrected chi connectivity index (χ4v) is 31.1. The van der Waals surface area contributed by atoms with Crippen molar-refractivity contribution in [2.75, 3.05) is 40.6 Å². The van der Waals surface area contributed by atoms with Crippen LogP contribution in [-0.2, 0) is 100 Å². The minimum atomic E-state index is -0.582. The number of allylic oxidation sites excluding steroid dienone is 2. The van der Waals surface area contributed by atoms with Crippen LogP contribution in [0.5, 0.6) is 0 Å². The van der Waals surface area contributed by atoms with Crippen LogP contribution >= 0.6 is 11.6 Å². The summed E-state index contributed by atoms with van der Waals surface area (Å²) in [6.07, 6.45) is 47.9. The predicted octanol–water partition coefficient (Wildman–Crippen LogP) is 15.5. The molecule has 26 rings (SSSR count). The highest BCUT2D eigenvalue weighted by molar-refractivity contribution is 6.40. The van der Waals surface area contributed by atoms with Gasteiger partial charge in [0.15, 0.2) is 0 Å². The average Bonchev–Trinajstić information content (AvgIpc) is 1.55. The van der Waals surface area contributed by atoms with Crippen molar-refractivity contribution in [3.8, 4) is 0 Å². The number of carbonyl (C=O) groups excluding carboxylic acids is 10. The molecule has 23 aliphatic carbocycles. The van der Waals surface area contributed by atoms with E-state index in [1.165, 1.54) is 106 Å². The molecule has 0 aromatic rings. The zero-order valence-corrected chi connectivity index (χ0v) is 70.9. The van der Waals surface area contributed by atoms with Crippen LogP contribution < -0.4 is 0 Å². The highest BCUT2D eigenvalue weighted by Crippen LogP contribution is 2.71. The third-order valence-corrected chi connectivity index (χ3v) is 34.6. The minimum absolute atomic E-state index is 0.0138. The van der Waals surface area contributed by atoms with Gasteiger partial charge in [-0.3, -0.25) is 19.2 Å². The molecule has 3 aliphatic heterocycles. The first-order valence-electron chi connectivity index (χ1n) is 45.9. The summed E-state index contributed by atoms with van der Waals surface area (Å²) in [5.74, 6) is 18.0. The van der Waals surface area contributed by atoms with Crippen LogP contribution in [0.4, 0.5) is 0 Å². The number of carbonyl (C=O) groups is 10. The van der Waals surface area contributed by atoms with Gasteiger partial charge in [0.2, 0.25) is 0 Å². The quantitative estimate of drug-likeness (QED) is 0.0308. The predicted molar refractivity (Wildman–Crippen MR) is 437 cm³/mol. The van der Waals surface area contributed by atoms with Crippen molar-refractivity contribution < 1.29 is 100 Å². The van der Waals surface area contributed by atoms with Crippen molar-refractivity contribution in [3.05, 3.63) is 87.0 Å². The molecule has 26 aliphatic rings. The van der Waals surface area contributed by atoms with E-state index < -0.39 is 23.9 Å². The van der Waals surface area contributed by atoms with Gasteiger partial charge in [0, 0.05) is 68.1 Å². The second kappa shape index (κ2) is 36.2. The van der Waals surface area contributed by atoms with Crippen molar-refractivity contribution in [2.45, 2.75) is 241 Å². The fraction of sp³-hybridized carbons (Fsp3) is 0.753. The Bertz CT molecular complexity index is 3850. The summed E-state index contributed by atoms with van der Waals surface area (Å²) in [5, 5.41) is -0.0949. The average molecular weight is 1670 g/mol. The normalized spacial score (nSPS) is 44.7. The van der Waals surface area contributed by atoms with Gasteiger partial charge in [0.25, 0.3) is 0 Å². The molecule has 25 bridgehead atoms. The Kier molecular flexibility index (Phi) is 26.1. The third-order valence-electron chi connectivity index (χ3n) is 34.4. The maximum atomic E-state index is 13.5. The summed E-state index contributed by atoms with van der Waals surface area (Å²) < 4.78 is 57.5. The summed E-state index contributed by atoms with van der Waals surface area (Å²) in [6, 6.07) is 0. The molecule has 0 amide bonds. The SMILES string of the molecule is C1=CC2C3CCC(C3)C2C1.C1CC2CC1C1C3CCC(C3)C21.C=C(Cl)C(=O)OC.C=CC(=O)OC1C2CC3CC(C2)C(=O)C1C3.C=CC(=O)OC1C2CC3CC(C2)C(=O)OC1C3.C=CC(=O)OC1CC23CC(C(=O)O2)C1C3.C=CC(=O)OC1CC2CC1C1C3CC(C(=O)OC45CC6CC(CC(C6)C4)C5)C(C3)C21.C=CC(=O)OCCOCCOC. The maximum Gasteiger partial charge on any atom is 0.348 e. The van der Waals surface area contributed by atoms with Crippen molar-refractivity contribution in [2.24, 2.45) is 172 Å². The number of halogens is 1. The van der Waals surface area contributed by atoms with Gasteiger partial charge in [-0.05, 0) is 316 Å². The van der Waals surface area contributed by atoms with E-state index in [0.29, 0.717) is 85.3 Å². The van der Waals surface area contributed by atoms with Crippen LogP contribution in [0.25, 0.3) is 0 Å². The van der Waals surface area contributed by atoms with Gasteiger partial charge in [0.1, 0.15) is 59.1 Å². The van der Waals surface area contributed by atoms with E-state index in [9.17, 15) is 47.9 Å². The molecule has 119 heavy (non-hydrogen) atoms. The van der Waals surface area contributed by atoms with Crippen LogP contribution in [0.3, 0.4) is 0 Å². The van der Waals surface area contributed by atoms with E-state index in [1.807, 2.05) is 0 Å². The number of methoxy groups -OCH3 is 2. The van der Waals surface area contributed by atoms with Crippen molar-refractivity contribution in [3.63, 3.8) is 0 Å². The van der Waals surface area contributed by atoms with E-state index in [1.54, 1.807) is 58.5 Å². The lowest BCUT2D eigenvalue weighted by atomic mass is 9.54. The number of hydrogen-bond donors (Lipinski definition) is 0. The number of rotatable bonds is 18. The summed E-state index contributed by atoms with van der Waals surface area (Å²) in [6.45, 7) is 21.8. The Morgan fingerprint density at radius 2 is 1.01 bits per heavy atom. The second-order valence-electron chi connectivity index (χ2n) is 40.6. The van der Waals surface area contributed by atoms with Crippen LogP contribution in [-0.4, -0.2) is 142 Å². The summed E-state index contributed by atoms with van der Waals surface area (Å²) in [7, 11) is 2.84. The highest BCUT2D eigenvalue weighted by Gasteiger charge is 2.69. The topological polar surface area (TPSA) is 272 Å². The van der Waals surface area contributed by atoms with Crippen LogP contribution in [0.15, 0.2) is 87.0 Å². The number of ether oxygens (including phenoxy) is 11. The third kappa shape index (κ3) is 17.7. The molecule has 3 heterocycles. The molecule has 22 heteroatoms. The molecular weight excluding hydrogens is 1540 g/mol. The van der Waals surface area contributed by atoms with Crippen molar-refractivity contribution in [1.29, 1.82) is 0 Å². The molecule has 30 unspecified atom stereocenters. The van der Waals surface area contributed by atoms with Crippen LogP contribution in [0.2, 0.25) is 0 Å². The first-order chi connectivity index (χ1) is 57.4. The van der Waals surface area contributed by atoms with Gasteiger partial charge in [-0.25, -0.2) is 28.8 Å². The van der Waals surface area contributed by atoms with Crippen LogP contribution in [0.1, 0.15) is 199 Å². The molecular formula is C97H129ClO21. The van der Waals surface area contributed by atoms with Crippen molar-refractivity contribution >= 4 is 71.1 Å². The molecule has 30 atom stereocenters. The number of ketones is 1. The number of fused-ring (bicyclic) bond motifs is 27. The molecule has 0 aromatic carbocycles. The van der Waals surface area contributed by atoms with Gasteiger partial charge >= 0.3 is 53.7 Å². The fourth-order valence-electron chi connectivity index (χ4n) is 31.1. The standard InChI is InChI=1S/C26H34O4.C13H16O4.C13H16O3.C12H18.C11H12O4.C10H14.C8H14O4.C4H5ClO2/c1-2-22(27)29-21-9-17-8-20(21)24-16-6-18(23(17)24)19(7-16)25(28)30-26-10-13-3-14(11-26)5-15(4-13)12-26;1-2-11(14)17-12-8-3-7-4-9(6-8)13(15)16-10(12)5-7;1-2-11(14)16-13-9-4-7-3-8(6-9)12(15)10(13)5-7;1-2-8-5-7(1)11-9-3-4-10(6-9)12(8)11;1-2-9(12)14-8-5-11-3-6(8)7(4-11)10(13)15-11;1-2-9-7-4-5-8(6-7)10(9)3-1;1-3-8(9)12-7-6-11-5-4-10-2;1-3(5)4(6)7-2/h2,13-21,23-24H,1,3-12H2;2,7-10,12H,1,3-6H2;2,7-10,13H,1,3-6H2;7-12H,1-6H2;2,6-8H,1,3-5H2;1-2,7-10H,3-6H2;3H,1,4-7H2,2H3;1H2,2H3. The van der Waals surface area contributed by atoms with E-state index in [2.05, 4.69) is 61.1 Å². The molecule has 0 aromatic heterocycles. The first kappa shape index (κ1) is 85.8. The molecule has 0 N–H and O–H groups in total. The van der Waals surface area contributed by atoms with Crippen LogP contribution in [0, 0.1) is 172 Å². The van der Waals surface area contributed by atoms with E-state index >= 15 is 0 Å². The zero-order valence-electron chi connectivity index (χ0n) is 70.1. The monoisotopic (exact) mass is 1660 g/mol. The minimum Gasteiger partial charge on any atom is -0.465 e. The Morgan fingerprint density at radius 3 is 1.61 bits per heavy atom. The molecule has 25 fully saturated rings. The first-order valence-corrected chi connectivity index (χ1v) is 46.2. The molecule has 22 saturated carbocycles. The van der Waals surface area contributed by atoms with Gasteiger partial charge in [-0.15, -0.1) is 0 Å². The number of Topliss-reactive ketones (excluding diaryl/α,β-unsaturated/α-hetero) is 1. The summed E-state index contributed by atoms with van der Waals surface area (Å²) in [4.78, 5) is 115. The van der Waals surface area contributed by atoms with E-state index in [-0.39, 0.29) is 125 Å². The lowest BCUT2D eigenvalue weighted by molar-refractivity contribution is -0.194. The van der Waals surface area contributed by atoms with E-state index in [4.69, 9.17) is 54.2 Å². The maximum absolute atomic E-state index is 13.5. The van der Waals surface area contributed by atoms with Gasteiger partial charge in [-0.1, -0.05) is 63.2 Å². The van der Waals surface area contributed by atoms with Gasteiger partial charge < -0.3 is 52.1 Å². The van der Waals surface area contributed by atoms with E-state index in [0.717, 1.165) is 150 Å². The molecule has 3 saturated heterocycles. The Labute approximate surface area is 707 Å². The molecule has 21 nitrogen and oxygen atoms in total. The largest absolute Gasteiger partial charge is 0.465 e. The lowest BCUT2D eigenvalue weighted by Crippen LogP contribution is -2.55. The number of hydrogen-bond acceptors (Lipinski definition) is 21. The zero-order chi connectivity index (χ0) is 83.5. The lowest BCUT2D eigenvalue weighted by Gasteiger charge is -2.56. The summed E-state index contributed by atoms with van der Waals surface area (Å²) in [5.41, 5.74) is -0.412. The molecule has 650 valence electrons. The molecule has 1 spiro atoms. The summed E-state index contributed by atoms with van der Waals surface area (Å²) >= 11 is 5.06. The smallest absolute Gasteiger partial charge is 0.348 e. The Morgan fingerprint density at radius 1 is 0.462 bits per heavy atom.